The fraction of sp³-hybridized carbons (Fsp3) is 0.556. The molecule has 1 aromatic carbocycles. The van der Waals surface area contributed by atoms with Gasteiger partial charge in [-0.2, -0.15) is 0 Å². The van der Waals surface area contributed by atoms with Gasteiger partial charge in [-0.25, -0.2) is 4.79 Å². The standard InChI is InChI=1S/C18H22Cl2O5/c19-13-8-7-12(15(20)9-13)5-3-1-2-4-6-14-10-18(24,11-16(21)22)17(23)25-14/h7-9,14,24H,1-6,10-11H2,(H,21,22)/t14-,18?/m0/s1. The molecule has 1 unspecified atom stereocenters. The average molecular weight is 389 g/mol. The number of aliphatic hydroxyl groups is 1. The molecule has 0 saturated carbocycles. The van der Waals surface area contributed by atoms with Crippen LogP contribution < -0.4 is 0 Å². The van der Waals surface area contributed by atoms with Gasteiger partial charge in [0.2, 0.25) is 0 Å². The summed E-state index contributed by atoms with van der Waals surface area (Å²) < 4.78 is 5.10. The molecule has 1 aliphatic heterocycles. The smallest absolute Gasteiger partial charge is 0.339 e. The van der Waals surface area contributed by atoms with Crippen LogP contribution in [0.4, 0.5) is 0 Å². The molecule has 138 valence electrons. The zero-order chi connectivity index (χ0) is 18.4. The molecule has 2 atom stereocenters. The first-order valence-corrected chi connectivity index (χ1v) is 9.15. The van der Waals surface area contributed by atoms with Gasteiger partial charge in [-0.05, 0) is 43.4 Å². The van der Waals surface area contributed by atoms with E-state index < -0.39 is 30.1 Å². The zero-order valence-electron chi connectivity index (χ0n) is 13.8. The highest BCUT2D eigenvalue weighted by molar-refractivity contribution is 6.35. The number of unbranched alkanes of at least 4 members (excludes halogenated alkanes) is 3. The number of carbonyl (C=O) groups is 2. The fourth-order valence-electron chi connectivity index (χ4n) is 3.08. The molecule has 7 heteroatoms. The molecule has 1 aliphatic rings. The molecule has 0 bridgehead atoms. The highest BCUT2D eigenvalue weighted by Crippen LogP contribution is 2.31. The van der Waals surface area contributed by atoms with E-state index in [-0.39, 0.29) is 6.42 Å². The van der Waals surface area contributed by atoms with Crippen LogP contribution in [-0.2, 0) is 20.7 Å². The number of rotatable bonds is 9. The summed E-state index contributed by atoms with van der Waals surface area (Å²) in [5.74, 6) is -2.03. The Hall–Kier alpha value is -1.30. The number of hydrogen-bond donors (Lipinski definition) is 2. The van der Waals surface area contributed by atoms with E-state index in [1.807, 2.05) is 12.1 Å². The van der Waals surface area contributed by atoms with Crippen LogP contribution in [0, 0.1) is 0 Å². The Morgan fingerprint density at radius 2 is 1.96 bits per heavy atom. The number of benzene rings is 1. The maximum absolute atomic E-state index is 11.6. The Morgan fingerprint density at radius 3 is 2.64 bits per heavy atom. The fourth-order valence-corrected chi connectivity index (χ4v) is 3.59. The maximum Gasteiger partial charge on any atom is 0.339 e. The van der Waals surface area contributed by atoms with E-state index in [1.165, 1.54) is 0 Å². The van der Waals surface area contributed by atoms with E-state index in [2.05, 4.69) is 0 Å². The lowest BCUT2D eigenvalue weighted by Crippen LogP contribution is -2.36. The molecular weight excluding hydrogens is 367 g/mol. The quantitative estimate of drug-likeness (QED) is 0.493. The van der Waals surface area contributed by atoms with Crippen LogP contribution in [-0.4, -0.2) is 33.9 Å². The summed E-state index contributed by atoms with van der Waals surface area (Å²) in [4.78, 5) is 22.4. The molecule has 1 aromatic rings. The summed E-state index contributed by atoms with van der Waals surface area (Å²) in [7, 11) is 0. The third-order valence-electron chi connectivity index (χ3n) is 4.40. The first kappa shape index (κ1) is 20.0. The molecule has 0 spiro atoms. The van der Waals surface area contributed by atoms with Gasteiger partial charge in [0.15, 0.2) is 5.60 Å². The Morgan fingerprint density at radius 1 is 1.24 bits per heavy atom. The molecule has 1 fully saturated rings. The molecule has 25 heavy (non-hydrogen) atoms. The highest BCUT2D eigenvalue weighted by atomic mass is 35.5. The molecule has 2 rings (SSSR count). The molecule has 1 heterocycles. The number of aliphatic carboxylic acids is 1. The number of aryl methyl sites for hydroxylation is 1. The monoisotopic (exact) mass is 388 g/mol. The highest BCUT2D eigenvalue weighted by Gasteiger charge is 2.48. The van der Waals surface area contributed by atoms with Crippen molar-refractivity contribution in [2.24, 2.45) is 0 Å². The minimum Gasteiger partial charge on any atom is -0.481 e. The number of carboxylic acids is 1. The van der Waals surface area contributed by atoms with E-state index in [4.69, 9.17) is 33.0 Å². The molecule has 5 nitrogen and oxygen atoms in total. The van der Waals surface area contributed by atoms with Crippen molar-refractivity contribution in [1.29, 1.82) is 0 Å². The summed E-state index contributed by atoms with van der Waals surface area (Å²) in [5.41, 5.74) is -0.795. The minimum absolute atomic E-state index is 0.0541. The Bertz CT molecular complexity index is 634. The molecule has 0 radical (unpaired) electrons. The van der Waals surface area contributed by atoms with Gasteiger partial charge >= 0.3 is 11.9 Å². The number of halogens is 2. The first-order valence-electron chi connectivity index (χ1n) is 8.39. The number of esters is 1. The van der Waals surface area contributed by atoms with Gasteiger partial charge in [0.25, 0.3) is 0 Å². The summed E-state index contributed by atoms with van der Waals surface area (Å²) in [5, 5.41) is 20.1. The summed E-state index contributed by atoms with van der Waals surface area (Å²) in [6.07, 6.45) is 4.40. The van der Waals surface area contributed by atoms with E-state index in [0.717, 1.165) is 37.7 Å². The lowest BCUT2D eigenvalue weighted by molar-refractivity contribution is -0.160. The molecule has 0 aromatic heterocycles. The van der Waals surface area contributed by atoms with Gasteiger partial charge in [0.1, 0.15) is 6.10 Å². The number of carbonyl (C=O) groups excluding carboxylic acids is 1. The molecule has 1 saturated heterocycles. The van der Waals surface area contributed by atoms with Crippen LogP contribution >= 0.6 is 23.2 Å². The van der Waals surface area contributed by atoms with Crippen molar-refractivity contribution in [3.05, 3.63) is 33.8 Å². The minimum atomic E-state index is -1.87. The lowest BCUT2D eigenvalue weighted by Gasteiger charge is -2.14. The predicted octanol–water partition coefficient (Wildman–Crippen LogP) is 4.01. The summed E-state index contributed by atoms with van der Waals surface area (Å²) in [6.45, 7) is 0. The normalized spacial score (nSPS) is 22.8. The summed E-state index contributed by atoms with van der Waals surface area (Å²) in [6, 6.07) is 5.51. The predicted molar refractivity (Wildman–Crippen MR) is 95.0 cm³/mol. The van der Waals surface area contributed by atoms with Crippen molar-refractivity contribution in [2.45, 2.75) is 63.1 Å². The van der Waals surface area contributed by atoms with Crippen LogP contribution in [0.5, 0.6) is 0 Å². The van der Waals surface area contributed by atoms with Crippen LogP contribution in [0.1, 0.15) is 50.5 Å². The number of cyclic esters (lactones) is 1. The molecule has 2 N–H and O–H groups in total. The molecule has 0 aliphatic carbocycles. The summed E-state index contributed by atoms with van der Waals surface area (Å²) >= 11 is 12.0. The Kier molecular flexibility index (Phi) is 7.11. The van der Waals surface area contributed by atoms with Gasteiger partial charge in [0, 0.05) is 16.5 Å². The topological polar surface area (TPSA) is 83.8 Å². The maximum atomic E-state index is 11.6. The van der Waals surface area contributed by atoms with Crippen molar-refractivity contribution in [3.63, 3.8) is 0 Å². The van der Waals surface area contributed by atoms with Crippen LogP contribution in [0.25, 0.3) is 0 Å². The van der Waals surface area contributed by atoms with Gasteiger partial charge in [-0.3, -0.25) is 4.79 Å². The largest absolute Gasteiger partial charge is 0.481 e. The van der Waals surface area contributed by atoms with Crippen molar-refractivity contribution >= 4 is 35.1 Å². The Labute approximate surface area is 156 Å². The van der Waals surface area contributed by atoms with Gasteiger partial charge in [0.05, 0.1) is 6.42 Å². The number of carboxylic acid groups (broad SMARTS) is 1. The van der Waals surface area contributed by atoms with E-state index >= 15 is 0 Å². The zero-order valence-corrected chi connectivity index (χ0v) is 15.4. The van der Waals surface area contributed by atoms with Gasteiger partial charge < -0.3 is 14.9 Å². The van der Waals surface area contributed by atoms with Crippen LogP contribution in [0.2, 0.25) is 10.0 Å². The van der Waals surface area contributed by atoms with Crippen molar-refractivity contribution < 1.29 is 24.5 Å². The van der Waals surface area contributed by atoms with Gasteiger partial charge in [-0.1, -0.05) is 42.1 Å². The first-order chi connectivity index (χ1) is 11.8. The second-order valence-electron chi connectivity index (χ2n) is 6.52. The lowest BCUT2D eigenvalue weighted by atomic mass is 9.93. The third kappa shape index (κ3) is 5.87. The second-order valence-corrected chi connectivity index (χ2v) is 7.37. The van der Waals surface area contributed by atoms with E-state index in [1.54, 1.807) is 6.07 Å². The molecular formula is C18H22Cl2O5. The van der Waals surface area contributed by atoms with Crippen LogP contribution in [0.15, 0.2) is 18.2 Å². The van der Waals surface area contributed by atoms with E-state index in [9.17, 15) is 14.7 Å². The van der Waals surface area contributed by atoms with Crippen molar-refractivity contribution in [2.75, 3.05) is 0 Å². The van der Waals surface area contributed by atoms with Gasteiger partial charge in [-0.15, -0.1) is 0 Å². The number of ether oxygens (including phenoxy) is 1. The molecule has 0 amide bonds. The third-order valence-corrected chi connectivity index (χ3v) is 4.99. The van der Waals surface area contributed by atoms with E-state index in [0.29, 0.717) is 16.5 Å². The second kappa shape index (κ2) is 8.88. The van der Waals surface area contributed by atoms with Crippen LogP contribution in [0.3, 0.4) is 0 Å². The average Bonchev–Trinajstić information content (AvgIpc) is 2.78. The number of hydrogen-bond acceptors (Lipinski definition) is 4. The Balaban J connectivity index is 1.63. The van der Waals surface area contributed by atoms with Crippen molar-refractivity contribution in [3.8, 4) is 0 Å². The van der Waals surface area contributed by atoms with Crippen molar-refractivity contribution in [1.82, 2.24) is 0 Å². The SMILES string of the molecule is O=C(O)CC1(O)C[C@H](CCCCCCc2ccc(Cl)cc2Cl)OC1=O.